The number of halogens is 2. The maximum Gasteiger partial charge on any atom is 0.258 e. The molecule has 0 unspecified atom stereocenters. The van der Waals surface area contributed by atoms with Crippen LogP contribution in [0.15, 0.2) is 46.9 Å². The molecule has 0 aliphatic carbocycles. The van der Waals surface area contributed by atoms with E-state index in [2.05, 4.69) is 15.9 Å². The smallest absolute Gasteiger partial charge is 0.258 e. The van der Waals surface area contributed by atoms with E-state index in [0.717, 1.165) is 15.7 Å². The summed E-state index contributed by atoms with van der Waals surface area (Å²) in [4.78, 5) is 14.0. The highest BCUT2D eigenvalue weighted by Crippen LogP contribution is 2.29. The third-order valence-electron chi connectivity index (χ3n) is 2.92. The molecular formula is C15H13BrClNO. The van der Waals surface area contributed by atoms with Crippen LogP contribution < -0.4 is 4.90 Å². The van der Waals surface area contributed by atoms with Crippen molar-refractivity contribution in [2.75, 3.05) is 11.9 Å². The van der Waals surface area contributed by atoms with Crippen LogP contribution in [0.25, 0.3) is 0 Å². The number of hydrogen-bond acceptors (Lipinski definition) is 1. The highest BCUT2D eigenvalue weighted by Gasteiger charge is 2.17. The normalized spacial score (nSPS) is 10.3. The maximum absolute atomic E-state index is 12.4. The molecule has 0 saturated carbocycles. The van der Waals surface area contributed by atoms with Crippen LogP contribution in [0.1, 0.15) is 15.9 Å². The molecule has 0 heterocycles. The Balaban J connectivity index is 2.36. The molecule has 98 valence electrons. The second-order valence-corrected chi connectivity index (χ2v) is 5.60. The summed E-state index contributed by atoms with van der Waals surface area (Å²) in [6, 6.07) is 12.9. The van der Waals surface area contributed by atoms with Gasteiger partial charge >= 0.3 is 0 Å². The van der Waals surface area contributed by atoms with Gasteiger partial charge < -0.3 is 4.90 Å². The first-order chi connectivity index (χ1) is 9.00. The highest BCUT2D eigenvalue weighted by molar-refractivity contribution is 9.10. The largest absolute Gasteiger partial charge is 0.310 e. The quantitative estimate of drug-likeness (QED) is 0.778. The van der Waals surface area contributed by atoms with Crippen LogP contribution in [0.2, 0.25) is 5.02 Å². The Morgan fingerprint density at radius 2 is 1.79 bits per heavy atom. The fraction of sp³-hybridized carbons (Fsp3) is 0.133. The van der Waals surface area contributed by atoms with Gasteiger partial charge in [0.15, 0.2) is 0 Å². The van der Waals surface area contributed by atoms with E-state index < -0.39 is 0 Å². The Labute approximate surface area is 126 Å². The number of nitrogens with zero attached hydrogens (tertiary/aromatic N) is 1. The Morgan fingerprint density at radius 1 is 1.16 bits per heavy atom. The summed E-state index contributed by atoms with van der Waals surface area (Å²) in [7, 11) is 1.73. The molecule has 0 spiro atoms. The van der Waals surface area contributed by atoms with E-state index in [4.69, 9.17) is 11.6 Å². The van der Waals surface area contributed by atoms with E-state index in [-0.39, 0.29) is 5.91 Å². The van der Waals surface area contributed by atoms with E-state index in [1.165, 1.54) is 0 Å². The van der Waals surface area contributed by atoms with Crippen LogP contribution in [0.4, 0.5) is 5.69 Å². The van der Waals surface area contributed by atoms with E-state index in [1.807, 2.05) is 31.2 Å². The summed E-state index contributed by atoms with van der Waals surface area (Å²) in [5.74, 6) is -0.0799. The zero-order chi connectivity index (χ0) is 14.0. The molecule has 2 rings (SSSR count). The molecule has 4 heteroatoms. The van der Waals surface area contributed by atoms with Crippen LogP contribution in [-0.4, -0.2) is 13.0 Å². The standard InChI is InChI=1S/C15H13BrClNO/c1-10-4-3-5-13(17)14(10)18(2)15(19)11-6-8-12(16)9-7-11/h3-9H,1-2H3. The zero-order valence-electron chi connectivity index (χ0n) is 10.7. The van der Waals surface area contributed by atoms with Crippen LogP contribution in [0.5, 0.6) is 0 Å². The molecule has 2 aromatic carbocycles. The van der Waals surface area contributed by atoms with Crippen LogP contribution in [0.3, 0.4) is 0 Å². The van der Waals surface area contributed by atoms with Gasteiger partial charge in [-0.2, -0.15) is 0 Å². The van der Waals surface area contributed by atoms with Gasteiger partial charge in [-0.3, -0.25) is 4.79 Å². The molecule has 1 amide bonds. The average molecular weight is 339 g/mol. The van der Waals surface area contributed by atoms with Gasteiger partial charge in [0, 0.05) is 17.1 Å². The zero-order valence-corrected chi connectivity index (χ0v) is 13.0. The molecule has 2 nitrogen and oxygen atoms in total. The van der Waals surface area contributed by atoms with Gasteiger partial charge in [-0.15, -0.1) is 0 Å². The molecule has 0 aliphatic heterocycles. The van der Waals surface area contributed by atoms with Crippen molar-refractivity contribution in [1.29, 1.82) is 0 Å². The number of carbonyl (C=O) groups excluding carboxylic acids is 1. The molecule has 0 atom stereocenters. The molecule has 0 aromatic heterocycles. The van der Waals surface area contributed by atoms with Crippen molar-refractivity contribution in [2.45, 2.75) is 6.92 Å². The van der Waals surface area contributed by atoms with Crippen molar-refractivity contribution in [3.63, 3.8) is 0 Å². The van der Waals surface area contributed by atoms with Crippen molar-refractivity contribution in [3.05, 3.63) is 63.1 Å². The number of carbonyl (C=O) groups is 1. The summed E-state index contributed by atoms with van der Waals surface area (Å²) < 4.78 is 0.945. The number of hydrogen-bond donors (Lipinski definition) is 0. The number of amides is 1. The molecule has 0 aliphatic rings. The van der Waals surface area contributed by atoms with E-state index in [0.29, 0.717) is 10.6 Å². The fourth-order valence-electron chi connectivity index (χ4n) is 1.94. The van der Waals surface area contributed by atoms with Crippen LogP contribution in [-0.2, 0) is 0 Å². The summed E-state index contributed by atoms with van der Waals surface area (Å²) >= 11 is 9.53. The minimum Gasteiger partial charge on any atom is -0.310 e. The van der Waals surface area contributed by atoms with Crippen LogP contribution in [0, 0.1) is 6.92 Å². The molecule has 0 fully saturated rings. The number of aryl methyl sites for hydroxylation is 1. The number of benzene rings is 2. The second kappa shape index (κ2) is 5.76. The van der Waals surface area contributed by atoms with Crippen molar-refractivity contribution >= 4 is 39.1 Å². The second-order valence-electron chi connectivity index (χ2n) is 4.28. The first kappa shape index (κ1) is 14.1. The predicted octanol–water partition coefficient (Wildman–Crippen LogP) is 4.69. The first-order valence-corrected chi connectivity index (χ1v) is 6.96. The lowest BCUT2D eigenvalue weighted by molar-refractivity contribution is 0.0993. The lowest BCUT2D eigenvalue weighted by Gasteiger charge is -2.21. The number of para-hydroxylation sites is 1. The maximum atomic E-state index is 12.4. The summed E-state index contributed by atoms with van der Waals surface area (Å²) in [6.07, 6.45) is 0. The molecular weight excluding hydrogens is 326 g/mol. The van der Waals surface area contributed by atoms with Gasteiger partial charge in [0.25, 0.3) is 5.91 Å². The van der Waals surface area contributed by atoms with Gasteiger partial charge in [-0.25, -0.2) is 0 Å². The predicted molar refractivity (Wildman–Crippen MR) is 83.1 cm³/mol. The van der Waals surface area contributed by atoms with Crippen molar-refractivity contribution in [3.8, 4) is 0 Å². The van der Waals surface area contributed by atoms with Gasteiger partial charge in [0.05, 0.1) is 10.7 Å². The van der Waals surface area contributed by atoms with Crippen LogP contribution >= 0.6 is 27.5 Å². The minimum absolute atomic E-state index is 0.0799. The van der Waals surface area contributed by atoms with E-state index >= 15 is 0 Å². The lowest BCUT2D eigenvalue weighted by atomic mass is 10.1. The molecule has 0 saturated heterocycles. The van der Waals surface area contributed by atoms with Gasteiger partial charge in [-0.05, 0) is 42.8 Å². The highest BCUT2D eigenvalue weighted by atomic mass is 79.9. The van der Waals surface area contributed by atoms with Gasteiger partial charge in [0.1, 0.15) is 0 Å². The average Bonchev–Trinajstić information content (AvgIpc) is 2.38. The Hall–Kier alpha value is -1.32. The van der Waals surface area contributed by atoms with Gasteiger partial charge in [-0.1, -0.05) is 39.7 Å². The SMILES string of the molecule is Cc1cccc(Cl)c1N(C)C(=O)c1ccc(Br)cc1. The number of anilines is 1. The third-order valence-corrected chi connectivity index (χ3v) is 3.75. The topological polar surface area (TPSA) is 20.3 Å². The molecule has 0 N–H and O–H groups in total. The minimum atomic E-state index is -0.0799. The summed E-state index contributed by atoms with van der Waals surface area (Å²) in [6.45, 7) is 1.94. The molecule has 0 bridgehead atoms. The summed E-state index contributed by atoms with van der Waals surface area (Å²) in [5.41, 5.74) is 2.35. The summed E-state index contributed by atoms with van der Waals surface area (Å²) in [5, 5.41) is 0.577. The number of rotatable bonds is 2. The Morgan fingerprint density at radius 3 is 2.37 bits per heavy atom. The molecule has 2 aromatic rings. The first-order valence-electron chi connectivity index (χ1n) is 5.79. The Bertz CT molecular complexity index is 590. The monoisotopic (exact) mass is 337 g/mol. The van der Waals surface area contributed by atoms with E-state index in [1.54, 1.807) is 30.1 Å². The molecule has 0 radical (unpaired) electrons. The fourth-order valence-corrected chi connectivity index (χ4v) is 2.55. The van der Waals surface area contributed by atoms with Crippen molar-refractivity contribution in [2.24, 2.45) is 0 Å². The van der Waals surface area contributed by atoms with Crippen molar-refractivity contribution in [1.82, 2.24) is 0 Å². The lowest BCUT2D eigenvalue weighted by Crippen LogP contribution is -2.27. The Kier molecular flexibility index (Phi) is 4.27. The van der Waals surface area contributed by atoms with E-state index in [9.17, 15) is 4.79 Å². The molecule has 19 heavy (non-hydrogen) atoms. The third kappa shape index (κ3) is 2.99. The van der Waals surface area contributed by atoms with Crippen molar-refractivity contribution < 1.29 is 4.79 Å². The van der Waals surface area contributed by atoms with Gasteiger partial charge in [0.2, 0.25) is 0 Å².